The van der Waals surface area contributed by atoms with Gasteiger partial charge in [0.05, 0.1) is 35.3 Å². The highest BCUT2D eigenvalue weighted by atomic mass is 19.4. The molecule has 1 saturated heterocycles. The molecule has 33 heavy (non-hydrogen) atoms. The van der Waals surface area contributed by atoms with E-state index in [0.717, 1.165) is 12.1 Å². The monoisotopic (exact) mass is 455 g/mol. The molecule has 168 valence electrons. The minimum Gasteiger partial charge on any atom is -0.476 e. The van der Waals surface area contributed by atoms with E-state index in [1.165, 1.54) is 24.3 Å². The quantitative estimate of drug-likeness (QED) is 0.749. The van der Waals surface area contributed by atoms with Gasteiger partial charge in [-0.2, -0.15) is 28.7 Å². The molecule has 0 aliphatic carbocycles. The number of amides is 2. The highest BCUT2D eigenvalue weighted by Crippen LogP contribution is 2.36. The Morgan fingerprint density at radius 3 is 2.67 bits per heavy atom. The third-order valence-corrected chi connectivity index (χ3v) is 5.16. The summed E-state index contributed by atoms with van der Waals surface area (Å²) in [5.41, 5.74) is -0.974. The molecule has 0 spiro atoms. The van der Waals surface area contributed by atoms with E-state index in [2.05, 4.69) is 10.3 Å². The molecule has 1 N–H and O–H groups in total. The molecule has 0 bridgehead atoms. The lowest BCUT2D eigenvalue weighted by atomic mass is 10.1. The van der Waals surface area contributed by atoms with Crippen molar-refractivity contribution >= 4 is 11.9 Å². The molecule has 1 unspecified atom stereocenters. The van der Waals surface area contributed by atoms with Crippen molar-refractivity contribution in [1.82, 2.24) is 10.2 Å². The fourth-order valence-electron chi connectivity index (χ4n) is 3.56. The molecule has 8 nitrogen and oxygen atoms in total. The Balaban J connectivity index is 1.48. The lowest BCUT2D eigenvalue weighted by molar-refractivity contribution is -0.137. The number of urea groups is 1. The maximum Gasteiger partial charge on any atom is 0.417 e. The predicted molar refractivity (Wildman–Crippen MR) is 108 cm³/mol. The Hall–Kier alpha value is -4.09. The molecule has 4 rings (SSSR count). The van der Waals surface area contributed by atoms with Crippen LogP contribution in [0.25, 0.3) is 0 Å². The third kappa shape index (κ3) is 4.73. The van der Waals surface area contributed by atoms with Gasteiger partial charge in [0, 0.05) is 13.1 Å². The highest BCUT2D eigenvalue weighted by Gasteiger charge is 2.35. The first-order valence-corrected chi connectivity index (χ1v) is 9.85. The minimum absolute atomic E-state index is 0.0445. The van der Waals surface area contributed by atoms with Crippen molar-refractivity contribution in [1.29, 1.82) is 10.5 Å². The van der Waals surface area contributed by atoms with Gasteiger partial charge < -0.3 is 14.4 Å². The van der Waals surface area contributed by atoms with E-state index in [1.807, 2.05) is 6.07 Å². The van der Waals surface area contributed by atoms with E-state index in [0.29, 0.717) is 25.1 Å². The SMILES string of the molecule is N#Cc1cc(COC2=NC(=O)N3CCNC3C2)ccc1Oc1ccc(C#N)c(C(F)(F)F)c1. The fourth-order valence-corrected chi connectivity index (χ4v) is 3.56. The lowest BCUT2D eigenvalue weighted by Gasteiger charge is -2.27. The van der Waals surface area contributed by atoms with E-state index in [1.54, 1.807) is 11.0 Å². The third-order valence-electron chi connectivity index (χ3n) is 5.16. The van der Waals surface area contributed by atoms with Crippen LogP contribution < -0.4 is 10.1 Å². The minimum atomic E-state index is -4.72. The normalized spacial score (nSPS) is 17.6. The lowest BCUT2D eigenvalue weighted by Crippen LogP contribution is -2.44. The molecule has 1 fully saturated rings. The van der Waals surface area contributed by atoms with Gasteiger partial charge in [-0.1, -0.05) is 6.07 Å². The van der Waals surface area contributed by atoms with Crippen molar-refractivity contribution in [3.8, 4) is 23.6 Å². The first-order chi connectivity index (χ1) is 15.8. The second kappa shape index (κ2) is 8.81. The molecule has 0 radical (unpaired) electrons. The molecule has 0 saturated carbocycles. The number of carbonyl (C=O) groups is 1. The van der Waals surface area contributed by atoms with Gasteiger partial charge in [-0.05, 0) is 35.9 Å². The van der Waals surface area contributed by atoms with Crippen molar-refractivity contribution in [3.63, 3.8) is 0 Å². The van der Waals surface area contributed by atoms with Crippen molar-refractivity contribution in [2.75, 3.05) is 13.1 Å². The number of carbonyl (C=O) groups excluding carboxylic acids is 1. The zero-order valence-corrected chi connectivity index (χ0v) is 17.0. The molecule has 2 aromatic rings. The predicted octanol–water partition coefficient (Wildman–Crippen LogP) is 3.91. The summed E-state index contributed by atoms with van der Waals surface area (Å²) in [4.78, 5) is 17.6. The van der Waals surface area contributed by atoms with E-state index in [9.17, 15) is 23.2 Å². The Kier molecular flexibility index (Phi) is 5.90. The van der Waals surface area contributed by atoms with Gasteiger partial charge >= 0.3 is 12.2 Å². The largest absolute Gasteiger partial charge is 0.476 e. The molecule has 2 heterocycles. The summed E-state index contributed by atoms with van der Waals surface area (Å²) in [5, 5.41) is 21.5. The molecule has 2 aliphatic rings. The van der Waals surface area contributed by atoms with E-state index in [4.69, 9.17) is 14.7 Å². The highest BCUT2D eigenvalue weighted by molar-refractivity contribution is 5.93. The Labute approximate surface area is 186 Å². The maximum atomic E-state index is 13.2. The van der Waals surface area contributed by atoms with Crippen LogP contribution >= 0.6 is 0 Å². The topological polar surface area (TPSA) is 111 Å². The Bertz CT molecular complexity index is 1210. The van der Waals surface area contributed by atoms with Gasteiger partial charge in [0.1, 0.15) is 24.2 Å². The molecule has 2 aliphatic heterocycles. The number of nitrogens with one attached hydrogen (secondary N) is 1. The summed E-state index contributed by atoms with van der Waals surface area (Å²) >= 11 is 0. The number of hydrogen-bond donors (Lipinski definition) is 1. The number of halogens is 3. The van der Waals surface area contributed by atoms with Crippen molar-refractivity contribution in [2.24, 2.45) is 4.99 Å². The van der Waals surface area contributed by atoms with Gasteiger partial charge in [0.2, 0.25) is 0 Å². The standard InChI is InChI=1S/C22H16F3N5O3/c23-22(24,25)17-8-16(3-2-14(17)10-26)33-18-4-1-13(7-15(18)11-27)12-32-20-9-19-28-5-6-30(19)21(31)29-20/h1-4,7-8,19,28H,5-6,9,12H2. The summed E-state index contributed by atoms with van der Waals surface area (Å²) < 4.78 is 50.7. The summed E-state index contributed by atoms with van der Waals surface area (Å²) in [7, 11) is 0. The number of benzene rings is 2. The number of nitriles is 2. The Morgan fingerprint density at radius 1 is 1.15 bits per heavy atom. The van der Waals surface area contributed by atoms with Crippen LogP contribution in [0.15, 0.2) is 41.4 Å². The average molecular weight is 455 g/mol. The fraction of sp³-hybridized carbons (Fsp3) is 0.273. The summed E-state index contributed by atoms with van der Waals surface area (Å²) in [6.07, 6.45) is -4.44. The van der Waals surface area contributed by atoms with Crippen molar-refractivity contribution < 1.29 is 27.4 Å². The first kappa shape index (κ1) is 22.1. The van der Waals surface area contributed by atoms with Gasteiger partial charge in [-0.15, -0.1) is 0 Å². The van der Waals surface area contributed by atoms with Crippen LogP contribution in [0, 0.1) is 22.7 Å². The van der Waals surface area contributed by atoms with Crippen LogP contribution in [0.4, 0.5) is 18.0 Å². The molecule has 11 heteroatoms. The number of aliphatic imine (C=N–C) groups is 1. The number of nitrogens with zero attached hydrogens (tertiary/aromatic N) is 4. The molecule has 1 atom stereocenters. The average Bonchev–Trinajstić information content (AvgIpc) is 3.27. The summed E-state index contributed by atoms with van der Waals surface area (Å²) in [5.74, 6) is 0.173. The summed E-state index contributed by atoms with van der Waals surface area (Å²) in [6.45, 7) is 1.33. The van der Waals surface area contributed by atoms with Crippen LogP contribution in [0.3, 0.4) is 0 Å². The van der Waals surface area contributed by atoms with Crippen LogP contribution in [-0.4, -0.2) is 36.1 Å². The zero-order valence-electron chi connectivity index (χ0n) is 17.0. The first-order valence-electron chi connectivity index (χ1n) is 9.85. The molecule has 2 aromatic carbocycles. The number of fused-ring (bicyclic) bond motifs is 1. The van der Waals surface area contributed by atoms with Crippen LogP contribution in [0.1, 0.15) is 28.7 Å². The number of ether oxygens (including phenoxy) is 2. The van der Waals surface area contributed by atoms with Crippen LogP contribution in [0.2, 0.25) is 0 Å². The molecular weight excluding hydrogens is 439 g/mol. The van der Waals surface area contributed by atoms with Gasteiger partial charge in [0.25, 0.3) is 0 Å². The van der Waals surface area contributed by atoms with Gasteiger partial charge in [-0.3, -0.25) is 5.32 Å². The molecular formula is C22H16F3N5O3. The smallest absolute Gasteiger partial charge is 0.417 e. The second-order valence-electron chi connectivity index (χ2n) is 7.31. The zero-order chi connectivity index (χ0) is 23.6. The van der Waals surface area contributed by atoms with Gasteiger partial charge in [-0.25, -0.2) is 4.79 Å². The van der Waals surface area contributed by atoms with Crippen molar-refractivity contribution in [2.45, 2.75) is 25.4 Å². The maximum absolute atomic E-state index is 13.2. The molecule has 2 amide bonds. The van der Waals surface area contributed by atoms with Crippen molar-refractivity contribution in [3.05, 3.63) is 58.7 Å². The van der Waals surface area contributed by atoms with Crippen LogP contribution in [-0.2, 0) is 17.5 Å². The van der Waals surface area contributed by atoms with E-state index >= 15 is 0 Å². The van der Waals surface area contributed by atoms with E-state index in [-0.39, 0.29) is 41.8 Å². The summed E-state index contributed by atoms with van der Waals surface area (Å²) in [6, 6.07) is 10.5. The number of hydrogen-bond acceptors (Lipinski definition) is 6. The van der Waals surface area contributed by atoms with E-state index < -0.39 is 17.3 Å². The van der Waals surface area contributed by atoms with Gasteiger partial charge in [0.15, 0.2) is 5.90 Å². The molecule has 0 aromatic heterocycles. The number of rotatable bonds is 4. The Morgan fingerprint density at radius 2 is 1.94 bits per heavy atom. The second-order valence-corrected chi connectivity index (χ2v) is 7.31. The van der Waals surface area contributed by atoms with Crippen LogP contribution in [0.5, 0.6) is 11.5 Å². The number of alkyl halides is 3.